The van der Waals surface area contributed by atoms with Gasteiger partial charge in [-0.15, -0.1) is 0 Å². The molecule has 1 fully saturated rings. The molecule has 0 aliphatic carbocycles. The molecular weight excluding hydrogens is 1040 g/mol. The van der Waals surface area contributed by atoms with Crippen LogP contribution in [0.3, 0.4) is 0 Å². The summed E-state index contributed by atoms with van der Waals surface area (Å²) in [6.07, 6.45) is 5.48. The van der Waals surface area contributed by atoms with Crippen molar-refractivity contribution in [1.82, 2.24) is 62.1 Å². The summed E-state index contributed by atoms with van der Waals surface area (Å²) in [6, 6.07) is 16.3. The van der Waals surface area contributed by atoms with E-state index in [0.29, 0.717) is 23.4 Å². The third-order valence-corrected chi connectivity index (χ3v) is 13.8. The summed E-state index contributed by atoms with van der Waals surface area (Å²) in [4.78, 5) is 126. The molecule has 1 saturated heterocycles. The Bertz CT molecular complexity index is 2810. The van der Waals surface area contributed by atoms with Crippen molar-refractivity contribution in [2.24, 2.45) is 11.7 Å². The van der Waals surface area contributed by atoms with Gasteiger partial charge in [-0.05, 0) is 61.6 Å². The molecule has 0 spiro atoms. The Morgan fingerprint density at radius 3 is 1.59 bits per heavy atom. The number of aliphatic hydroxyl groups excluding tert-OH is 2. The molecule has 0 bridgehead atoms. The highest BCUT2D eigenvalue weighted by atomic mass is 16.4. The second kappa shape index (κ2) is 30.9. The summed E-state index contributed by atoms with van der Waals surface area (Å²) in [7, 11) is 0. The Hall–Kier alpha value is -8.32. The number of nitrogens with one attached hydrogen (secondary N) is 9. The number of amides is 7. The Balaban J connectivity index is 1.23. The van der Waals surface area contributed by atoms with Gasteiger partial charge in [0, 0.05) is 62.2 Å². The van der Waals surface area contributed by atoms with E-state index in [4.69, 9.17) is 5.73 Å². The number of aromatic amines is 2. The van der Waals surface area contributed by atoms with Crippen molar-refractivity contribution in [3.8, 4) is 0 Å². The molecule has 24 heteroatoms. The number of nitrogens with two attached hydrogens (primary N) is 1. The predicted octanol–water partition coefficient (Wildman–Crippen LogP) is -0.665. The number of H-pyrrole nitrogens is 2. The molecular formula is C57H75N13O11. The van der Waals surface area contributed by atoms with Gasteiger partial charge in [0.25, 0.3) is 0 Å². The maximum absolute atomic E-state index is 14.8. The summed E-state index contributed by atoms with van der Waals surface area (Å²) < 4.78 is 0. The Labute approximate surface area is 469 Å². The van der Waals surface area contributed by atoms with E-state index in [1.165, 1.54) is 32.0 Å². The number of carboxylic acids is 1. The quantitative estimate of drug-likeness (QED) is 0.0262. The first-order valence-corrected chi connectivity index (χ1v) is 27.1. The number of hydrogen-bond acceptors (Lipinski definition) is 14. The Morgan fingerprint density at radius 2 is 1.07 bits per heavy atom. The number of imidazole rings is 2. The first-order chi connectivity index (χ1) is 38.9. The largest absolute Gasteiger partial charge is 0.480 e. The molecule has 7 amide bonds. The van der Waals surface area contributed by atoms with Crippen LogP contribution in [-0.4, -0.2) is 168 Å². The zero-order valence-electron chi connectivity index (χ0n) is 45.6. The van der Waals surface area contributed by atoms with Gasteiger partial charge in [0.15, 0.2) is 0 Å². The summed E-state index contributed by atoms with van der Waals surface area (Å²) >= 11 is 0. The molecule has 24 nitrogen and oxygen atoms in total. The lowest BCUT2D eigenvalue weighted by Crippen LogP contribution is -2.61. The lowest BCUT2D eigenvalue weighted by molar-refractivity contribution is -0.150. The van der Waals surface area contributed by atoms with Gasteiger partial charge in [-0.1, -0.05) is 105 Å². The number of aliphatic carboxylic acids is 1. The third kappa shape index (κ3) is 19.2. The average Bonchev–Trinajstić information content (AvgIpc) is 4.42. The summed E-state index contributed by atoms with van der Waals surface area (Å²) in [5.74, 6) is -6.51. The van der Waals surface area contributed by atoms with Crippen LogP contribution in [0.25, 0.3) is 0 Å². The van der Waals surface area contributed by atoms with E-state index in [-0.39, 0.29) is 64.0 Å². The molecule has 14 N–H and O–H groups in total. The van der Waals surface area contributed by atoms with Crippen LogP contribution in [0.2, 0.25) is 0 Å². The van der Waals surface area contributed by atoms with Crippen molar-refractivity contribution in [3.05, 3.63) is 144 Å². The molecule has 434 valence electrons. The van der Waals surface area contributed by atoms with E-state index in [1.807, 2.05) is 62.4 Å². The molecule has 0 saturated carbocycles. The first-order valence-electron chi connectivity index (χ1n) is 27.1. The number of rotatable bonds is 31. The van der Waals surface area contributed by atoms with Gasteiger partial charge < -0.3 is 73.1 Å². The van der Waals surface area contributed by atoms with E-state index in [0.717, 1.165) is 16.0 Å². The molecule has 10 atom stereocenters. The number of carbonyl (C=O) groups is 8. The van der Waals surface area contributed by atoms with Crippen LogP contribution in [0.15, 0.2) is 116 Å². The highest BCUT2D eigenvalue weighted by Crippen LogP contribution is 2.20. The fourth-order valence-corrected chi connectivity index (χ4v) is 9.48. The predicted molar refractivity (Wildman–Crippen MR) is 297 cm³/mol. The van der Waals surface area contributed by atoms with Gasteiger partial charge in [-0.3, -0.25) is 33.6 Å². The van der Waals surface area contributed by atoms with Crippen LogP contribution in [0, 0.1) is 5.92 Å². The minimum absolute atomic E-state index is 0.0365. The van der Waals surface area contributed by atoms with E-state index >= 15 is 0 Å². The summed E-state index contributed by atoms with van der Waals surface area (Å²) in [5.41, 5.74) is 9.35. The van der Waals surface area contributed by atoms with Crippen molar-refractivity contribution in [3.63, 3.8) is 0 Å². The number of carboxylic acid groups (broad SMARTS) is 1. The number of benzene rings is 3. The Kier molecular flexibility index (Phi) is 23.6. The lowest BCUT2D eigenvalue weighted by atomic mass is 10.00. The standard InChI is InChI=1S/C57H75N13O11/c1-34(2)22-44(65-55(78)47(31-71)68-50(73)42(58)26-39-28-59-32-62-39)53(76)66-45(25-38-18-11-6-12-19-38)54(77)67-46(27-40-29-60-33-63-40)52(75)64-41(23-36-14-7-4-8-15-36)30-61-43(24-37-16-9-5-10-17-37)51(74)69-49(35(3)72)56(79)70-21-13-20-48(70)57(80)81/h4-12,14-19,28-29,32-35,41-49,61,71-72H,13,20-27,30-31,58H2,1-3H3,(H,59,62)(H,60,63)(H,64,75)(H,65,78)(H,66,76)(H,67,77)(H,68,73)(H,69,74)(H,80,81)/t35-,41+,42+,43+,44+,45+,46+,47+,48+,49+/m1/s1. The van der Waals surface area contributed by atoms with Crippen LogP contribution in [-0.2, 0) is 70.5 Å². The minimum Gasteiger partial charge on any atom is -0.480 e. The van der Waals surface area contributed by atoms with Crippen molar-refractivity contribution in [2.45, 2.75) is 133 Å². The number of nitrogens with zero attached hydrogens (tertiary/aromatic N) is 3. The van der Waals surface area contributed by atoms with E-state index in [2.05, 4.69) is 57.2 Å². The number of hydrogen-bond donors (Lipinski definition) is 13. The van der Waals surface area contributed by atoms with Gasteiger partial charge >= 0.3 is 5.97 Å². The first kappa shape index (κ1) is 61.9. The van der Waals surface area contributed by atoms with Gasteiger partial charge in [0.05, 0.1) is 37.4 Å². The summed E-state index contributed by atoms with van der Waals surface area (Å²) in [5, 5.41) is 50.6. The molecule has 81 heavy (non-hydrogen) atoms. The molecule has 1 aliphatic rings. The van der Waals surface area contributed by atoms with Crippen LogP contribution in [0.1, 0.15) is 68.1 Å². The maximum Gasteiger partial charge on any atom is 0.326 e. The number of carbonyl (C=O) groups excluding carboxylic acids is 7. The molecule has 1 aliphatic heterocycles. The zero-order valence-corrected chi connectivity index (χ0v) is 45.6. The number of aliphatic hydroxyl groups is 2. The zero-order chi connectivity index (χ0) is 58.4. The molecule has 5 aromatic rings. The monoisotopic (exact) mass is 1120 g/mol. The average molecular weight is 1120 g/mol. The number of likely N-dealkylation sites (tertiary alicyclic amines) is 1. The molecule has 0 unspecified atom stereocenters. The molecule has 3 heterocycles. The topological polar surface area (TPSA) is 368 Å². The van der Waals surface area contributed by atoms with Gasteiger partial charge in [-0.2, -0.15) is 0 Å². The van der Waals surface area contributed by atoms with Crippen molar-refractivity contribution in [2.75, 3.05) is 19.7 Å². The van der Waals surface area contributed by atoms with Crippen LogP contribution < -0.4 is 43.0 Å². The molecule has 3 aromatic carbocycles. The van der Waals surface area contributed by atoms with Crippen LogP contribution >= 0.6 is 0 Å². The van der Waals surface area contributed by atoms with Gasteiger partial charge in [-0.25, -0.2) is 14.8 Å². The van der Waals surface area contributed by atoms with Crippen LogP contribution in [0.4, 0.5) is 0 Å². The Morgan fingerprint density at radius 1 is 0.605 bits per heavy atom. The fourth-order valence-electron chi connectivity index (χ4n) is 9.48. The second-order valence-corrected chi connectivity index (χ2v) is 20.7. The van der Waals surface area contributed by atoms with Crippen molar-refractivity contribution < 1.29 is 53.7 Å². The smallest absolute Gasteiger partial charge is 0.326 e. The van der Waals surface area contributed by atoms with E-state index in [9.17, 15) is 53.7 Å². The van der Waals surface area contributed by atoms with E-state index in [1.54, 1.807) is 42.5 Å². The van der Waals surface area contributed by atoms with E-state index < -0.39 is 114 Å². The van der Waals surface area contributed by atoms with Gasteiger partial charge in [0.2, 0.25) is 41.4 Å². The van der Waals surface area contributed by atoms with Crippen molar-refractivity contribution in [1.29, 1.82) is 0 Å². The minimum atomic E-state index is -1.49. The van der Waals surface area contributed by atoms with Crippen LogP contribution in [0.5, 0.6) is 0 Å². The highest BCUT2D eigenvalue weighted by Gasteiger charge is 2.40. The van der Waals surface area contributed by atoms with Crippen molar-refractivity contribution >= 4 is 47.3 Å². The summed E-state index contributed by atoms with van der Waals surface area (Å²) in [6.45, 7) is 4.27. The number of aromatic nitrogens is 4. The molecule has 6 rings (SSSR count). The lowest BCUT2D eigenvalue weighted by Gasteiger charge is -2.31. The SMILES string of the molecule is CC(C)C[C@H](NC(=O)[C@H](CO)NC(=O)[C@@H](N)Cc1cnc[nH]1)C(=O)N[C@@H](Cc1ccccc1)C(=O)N[C@@H](Cc1cnc[nH]1)C(=O)N[C@H](CN[C@@H](Cc1ccccc1)C(=O)N[C@H](C(=O)N1CCC[C@H]1C(=O)O)[C@@H](C)O)Cc1ccccc1. The fraction of sp³-hybridized carbons (Fsp3) is 0.439. The highest BCUT2D eigenvalue weighted by molar-refractivity contribution is 5.96. The third-order valence-electron chi connectivity index (χ3n) is 13.8. The normalized spacial score (nSPS) is 16.5. The molecule has 2 aromatic heterocycles. The van der Waals surface area contributed by atoms with Gasteiger partial charge in [0.1, 0.15) is 36.3 Å². The molecule has 0 radical (unpaired) electrons. The second-order valence-electron chi connectivity index (χ2n) is 20.7. The maximum atomic E-state index is 14.8.